The zero-order valence-electron chi connectivity index (χ0n) is 17.3. The molecule has 0 saturated carbocycles. The smallest absolute Gasteiger partial charge is 0.328 e. The molecule has 32 heavy (non-hydrogen) atoms. The van der Waals surface area contributed by atoms with Crippen LogP contribution < -0.4 is 27.0 Å². The first-order valence-corrected chi connectivity index (χ1v) is 10.0. The maximum absolute atomic E-state index is 12.8. The molecule has 180 valence electrons. The van der Waals surface area contributed by atoms with E-state index in [2.05, 4.69) is 16.0 Å². The highest BCUT2D eigenvalue weighted by Crippen LogP contribution is 2.08. The van der Waals surface area contributed by atoms with Gasteiger partial charge in [-0.1, -0.05) is 0 Å². The molecule has 4 atom stereocenters. The third kappa shape index (κ3) is 9.26. The van der Waals surface area contributed by atoms with Crippen LogP contribution in [0.25, 0.3) is 0 Å². The molecule has 0 aliphatic carbocycles. The van der Waals surface area contributed by atoms with Gasteiger partial charge in [0, 0.05) is 12.8 Å². The molecule has 0 aromatic carbocycles. The van der Waals surface area contributed by atoms with Gasteiger partial charge in [-0.3, -0.25) is 24.0 Å². The number of rotatable bonds is 14. The molecular formula is C18H29N5O9. The average molecular weight is 459 g/mol. The molecule has 1 rings (SSSR count). The summed E-state index contributed by atoms with van der Waals surface area (Å²) in [4.78, 5) is 70.7. The van der Waals surface area contributed by atoms with Crippen molar-refractivity contribution in [3.63, 3.8) is 0 Å². The van der Waals surface area contributed by atoms with E-state index in [-0.39, 0.29) is 19.3 Å². The lowest BCUT2D eigenvalue weighted by molar-refractivity contribution is -0.143. The number of hydrogen-bond acceptors (Lipinski definition) is 8. The van der Waals surface area contributed by atoms with Crippen LogP contribution in [0, 0.1) is 0 Å². The topological polar surface area (TPSA) is 237 Å². The summed E-state index contributed by atoms with van der Waals surface area (Å²) >= 11 is 0. The quantitative estimate of drug-likeness (QED) is 0.127. The SMILES string of the molecule is NC(=O)CCC(NC(=O)C(CCC(=O)O)NC(=O)C1CCCN1)C(=O)NC(CO)C(=O)O. The van der Waals surface area contributed by atoms with Gasteiger partial charge in [-0.05, 0) is 32.2 Å². The lowest BCUT2D eigenvalue weighted by atomic mass is 10.1. The van der Waals surface area contributed by atoms with E-state index in [4.69, 9.17) is 21.1 Å². The molecule has 14 heteroatoms. The van der Waals surface area contributed by atoms with Crippen LogP contribution in [0.1, 0.15) is 38.5 Å². The van der Waals surface area contributed by atoms with Crippen LogP contribution >= 0.6 is 0 Å². The van der Waals surface area contributed by atoms with Gasteiger partial charge < -0.3 is 42.3 Å². The van der Waals surface area contributed by atoms with E-state index >= 15 is 0 Å². The number of aliphatic carboxylic acids is 2. The zero-order valence-corrected chi connectivity index (χ0v) is 17.3. The Hall–Kier alpha value is -3.26. The number of carbonyl (C=O) groups excluding carboxylic acids is 4. The van der Waals surface area contributed by atoms with Gasteiger partial charge in [0.1, 0.15) is 18.1 Å². The predicted octanol–water partition coefficient (Wildman–Crippen LogP) is -3.60. The average Bonchev–Trinajstić information content (AvgIpc) is 3.26. The lowest BCUT2D eigenvalue weighted by Gasteiger charge is -2.24. The monoisotopic (exact) mass is 459 g/mol. The van der Waals surface area contributed by atoms with Crippen LogP contribution in [-0.4, -0.2) is 88.2 Å². The Balaban J connectivity index is 2.93. The Morgan fingerprint density at radius 1 is 0.906 bits per heavy atom. The fraction of sp³-hybridized carbons (Fsp3) is 0.667. The summed E-state index contributed by atoms with van der Waals surface area (Å²) in [5.74, 6) is -5.89. The molecule has 1 aliphatic rings. The highest BCUT2D eigenvalue weighted by Gasteiger charge is 2.31. The Labute approximate surface area is 183 Å². The number of nitrogens with two attached hydrogens (primary N) is 1. The molecule has 1 saturated heterocycles. The van der Waals surface area contributed by atoms with Crippen molar-refractivity contribution in [2.24, 2.45) is 5.73 Å². The fourth-order valence-corrected chi connectivity index (χ4v) is 3.00. The van der Waals surface area contributed by atoms with Crippen LogP contribution in [0.2, 0.25) is 0 Å². The summed E-state index contributed by atoms with van der Waals surface area (Å²) in [5.41, 5.74) is 5.08. The van der Waals surface area contributed by atoms with Gasteiger partial charge in [-0.25, -0.2) is 4.79 Å². The predicted molar refractivity (Wildman–Crippen MR) is 107 cm³/mol. The first-order valence-electron chi connectivity index (χ1n) is 10.0. The second kappa shape index (κ2) is 13.2. The summed E-state index contributed by atoms with van der Waals surface area (Å²) in [6.07, 6.45) is -0.0181. The third-order valence-corrected chi connectivity index (χ3v) is 4.77. The van der Waals surface area contributed by atoms with E-state index in [1.54, 1.807) is 0 Å². The van der Waals surface area contributed by atoms with Crippen LogP contribution in [0.4, 0.5) is 0 Å². The molecule has 1 heterocycles. The van der Waals surface area contributed by atoms with Crippen LogP contribution in [-0.2, 0) is 28.8 Å². The van der Waals surface area contributed by atoms with E-state index in [0.29, 0.717) is 13.0 Å². The van der Waals surface area contributed by atoms with Gasteiger partial charge in [-0.15, -0.1) is 0 Å². The van der Waals surface area contributed by atoms with Crippen molar-refractivity contribution in [3.05, 3.63) is 0 Å². The van der Waals surface area contributed by atoms with Crippen molar-refractivity contribution >= 4 is 35.6 Å². The Bertz CT molecular complexity index is 724. The summed E-state index contributed by atoms with van der Waals surface area (Å²) in [6.45, 7) is -0.293. The summed E-state index contributed by atoms with van der Waals surface area (Å²) in [5, 5.41) is 36.7. The highest BCUT2D eigenvalue weighted by molar-refractivity contribution is 5.94. The number of primary amides is 1. The van der Waals surface area contributed by atoms with E-state index < -0.39 is 72.8 Å². The maximum Gasteiger partial charge on any atom is 0.328 e. The van der Waals surface area contributed by atoms with Gasteiger partial charge in [0.05, 0.1) is 12.6 Å². The van der Waals surface area contributed by atoms with Gasteiger partial charge in [0.2, 0.25) is 23.6 Å². The van der Waals surface area contributed by atoms with Gasteiger partial charge in [0.25, 0.3) is 0 Å². The molecule has 1 aliphatic heterocycles. The third-order valence-electron chi connectivity index (χ3n) is 4.77. The van der Waals surface area contributed by atoms with Crippen molar-refractivity contribution in [3.8, 4) is 0 Å². The van der Waals surface area contributed by atoms with Crippen molar-refractivity contribution in [2.45, 2.75) is 62.7 Å². The summed E-state index contributed by atoms with van der Waals surface area (Å²) < 4.78 is 0. The minimum Gasteiger partial charge on any atom is -0.481 e. The fourth-order valence-electron chi connectivity index (χ4n) is 3.00. The molecule has 4 unspecified atom stereocenters. The number of carboxylic acid groups (broad SMARTS) is 2. The van der Waals surface area contributed by atoms with E-state index in [1.165, 1.54) is 0 Å². The molecular weight excluding hydrogens is 430 g/mol. The number of amides is 4. The van der Waals surface area contributed by atoms with Crippen LogP contribution in [0.3, 0.4) is 0 Å². The standard InChI is InChI=1S/C18H29N5O9/c19-13(25)5-3-10(17(30)23-12(8-24)18(31)32)22-16(29)11(4-6-14(26)27)21-15(28)9-2-1-7-20-9/h9-12,20,24H,1-8H2,(H2,19,25)(H,21,28)(H,22,29)(H,23,30)(H,26,27)(H,31,32). The number of carbonyl (C=O) groups is 6. The van der Waals surface area contributed by atoms with E-state index in [9.17, 15) is 28.8 Å². The molecule has 0 aromatic rings. The molecule has 4 amide bonds. The van der Waals surface area contributed by atoms with Crippen LogP contribution in [0.15, 0.2) is 0 Å². The summed E-state index contributed by atoms with van der Waals surface area (Å²) in [6, 6.07) is -4.90. The second-order valence-electron chi connectivity index (χ2n) is 7.29. The number of aliphatic hydroxyl groups excluding tert-OH is 1. The first-order chi connectivity index (χ1) is 15.0. The molecule has 0 aromatic heterocycles. The highest BCUT2D eigenvalue weighted by atomic mass is 16.4. The molecule has 0 radical (unpaired) electrons. The first kappa shape index (κ1) is 26.8. The van der Waals surface area contributed by atoms with Gasteiger partial charge in [-0.2, -0.15) is 0 Å². The van der Waals surface area contributed by atoms with Gasteiger partial charge >= 0.3 is 11.9 Å². The minimum atomic E-state index is -1.65. The molecule has 9 N–H and O–H groups in total. The zero-order chi connectivity index (χ0) is 24.3. The summed E-state index contributed by atoms with van der Waals surface area (Å²) in [7, 11) is 0. The number of hydrogen-bond donors (Lipinski definition) is 8. The second-order valence-corrected chi connectivity index (χ2v) is 7.29. The lowest BCUT2D eigenvalue weighted by Crippen LogP contribution is -2.57. The normalized spacial score (nSPS) is 18.1. The van der Waals surface area contributed by atoms with Gasteiger partial charge in [0.15, 0.2) is 0 Å². The van der Waals surface area contributed by atoms with Crippen molar-refractivity contribution in [2.75, 3.05) is 13.2 Å². The van der Waals surface area contributed by atoms with Crippen molar-refractivity contribution < 1.29 is 44.1 Å². The van der Waals surface area contributed by atoms with Crippen LogP contribution in [0.5, 0.6) is 0 Å². The van der Waals surface area contributed by atoms with E-state index in [0.717, 1.165) is 6.42 Å². The molecule has 1 fully saturated rings. The Kier molecular flexibility index (Phi) is 11.1. The number of aliphatic hydroxyl groups is 1. The van der Waals surface area contributed by atoms with Crippen molar-refractivity contribution in [1.29, 1.82) is 0 Å². The minimum absolute atomic E-state index is 0.266. The molecule has 0 spiro atoms. The number of carboxylic acids is 2. The van der Waals surface area contributed by atoms with Crippen molar-refractivity contribution in [1.82, 2.24) is 21.3 Å². The molecule has 14 nitrogen and oxygen atoms in total. The molecule has 0 bridgehead atoms. The number of nitrogens with one attached hydrogen (secondary N) is 4. The Morgan fingerprint density at radius 3 is 1.94 bits per heavy atom. The van der Waals surface area contributed by atoms with E-state index in [1.807, 2.05) is 5.32 Å². The largest absolute Gasteiger partial charge is 0.481 e. The maximum atomic E-state index is 12.8. The Morgan fingerprint density at radius 2 is 1.47 bits per heavy atom.